The predicted molar refractivity (Wildman–Crippen MR) is 47.5 cm³/mol. The summed E-state index contributed by atoms with van der Waals surface area (Å²) in [6.45, 7) is 0. The van der Waals surface area contributed by atoms with Crippen LogP contribution in [-0.4, -0.2) is 11.4 Å². The van der Waals surface area contributed by atoms with Crippen molar-refractivity contribution in [3.8, 4) is 5.75 Å². The lowest BCUT2D eigenvalue weighted by Gasteiger charge is -2.02. The molecule has 1 aromatic carbocycles. The zero-order chi connectivity index (χ0) is 8.43. The van der Waals surface area contributed by atoms with Gasteiger partial charge in [-0.1, -0.05) is 0 Å². The average molecular weight is 237 g/mol. The van der Waals surface area contributed by atoms with E-state index in [9.17, 15) is 4.39 Å². The first-order valence-electron chi connectivity index (χ1n) is 2.87. The summed E-state index contributed by atoms with van der Waals surface area (Å²) < 4.78 is 13.6. The Hall–Kier alpha value is -0.220. The SMILES string of the molecule is CSc1c(Br)ccc(O)c1F. The number of phenols is 1. The van der Waals surface area contributed by atoms with Crippen LogP contribution in [0.2, 0.25) is 0 Å². The molecule has 0 atom stereocenters. The van der Waals surface area contributed by atoms with Gasteiger partial charge in [0.05, 0.1) is 4.90 Å². The average Bonchev–Trinajstić information content (AvgIpc) is 1.99. The Morgan fingerprint density at radius 3 is 2.64 bits per heavy atom. The Morgan fingerprint density at radius 1 is 1.55 bits per heavy atom. The molecule has 1 N–H and O–H groups in total. The number of phenolic OH excluding ortho intramolecular Hbond substituents is 1. The lowest BCUT2D eigenvalue weighted by molar-refractivity contribution is 0.424. The van der Waals surface area contributed by atoms with Crippen molar-refractivity contribution < 1.29 is 9.50 Å². The van der Waals surface area contributed by atoms with Gasteiger partial charge in [0.1, 0.15) is 0 Å². The van der Waals surface area contributed by atoms with Gasteiger partial charge >= 0.3 is 0 Å². The molecule has 0 aliphatic carbocycles. The van der Waals surface area contributed by atoms with E-state index in [4.69, 9.17) is 5.11 Å². The summed E-state index contributed by atoms with van der Waals surface area (Å²) in [5.74, 6) is -0.871. The third kappa shape index (κ3) is 1.68. The molecular weight excluding hydrogens is 231 g/mol. The topological polar surface area (TPSA) is 20.2 Å². The molecule has 60 valence electrons. The molecule has 1 rings (SSSR count). The van der Waals surface area contributed by atoms with Crippen LogP contribution in [0, 0.1) is 5.82 Å². The first-order valence-corrected chi connectivity index (χ1v) is 4.89. The zero-order valence-corrected chi connectivity index (χ0v) is 8.17. The van der Waals surface area contributed by atoms with Gasteiger partial charge in [-0.25, -0.2) is 4.39 Å². The van der Waals surface area contributed by atoms with Crippen molar-refractivity contribution in [3.05, 3.63) is 22.4 Å². The first kappa shape index (κ1) is 8.87. The van der Waals surface area contributed by atoms with E-state index in [-0.39, 0.29) is 5.75 Å². The number of hydrogen-bond donors (Lipinski definition) is 1. The summed E-state index contributed by atoms with van der Waals surface area (Å²) in [6.07, 6.45) is 1.75. The predicted octanol–water partition coefficient (Wildman–Crippen LogP) is 3.02. The van der Waals surface area contributed by atoms with Crippen molar-refractivity contribution in [2.45, 2.75) is 4.90 Å². The molecule has 0 bridgehead atoms. The van der Waals surface area contributed by atoms with Gasteiger partial charge in [-0.15, -0.1) is 11.8 Å². The van der Waals surface area contributed by atoms with Crippen molar-refractivity contribution in [2.24, 2.45) is 0 Å². The standard InChI is InChI=1S/C7H6BrFOS/c1-11-7-4(8)2-3-5(10)6(7)9/h2-3,10H,1H3. The highest BCUT2D eigenvalue weighted by Gasteiger charge is 2.09. The Labute approximate surface area is 76.7 Å². The van der Waals surface area contributed by atoms with Crippen LogP contribution in [0.15, 0.2) is 21.5 Å². The van der Waals surface area contributed by atoms with E-state index in [0.717, 1.165) is 0 Å². The fraction of sp³-hybridized carbons (Fsp3) is 0.143. The summed E-state index contributed by atoms with van der Waals surface area (Å²) in [5.41, 5.74) is 0. The minimum absolute atomic E-state index is 0.308. The largest absolute Gasteiger partial charge is 0.505 e. The molecule has 11 heavy (non-hydrogen) atoms. The number of benzene rings is 1. The van der Waals surface area contributed by atoms with Crippen LogP contribution < -0.4 is 0 Å². The van der Waals surface area contributed by atoms with Gasteiger partial charge in [-0.3, -0.25) is 0 Å². The molecule has 1 nitrogen and oxygen atoms in total. The van der Waals surface area contributed by atoms with E-state index >= 15 is 0 Å². The fourth-order valence-electron chi connectivity index (χ4n) is 0.709. The van der Waals surface area contributed by atoms with Crippen LogP contribution in [0.25, 0.3) is 0 Å². The van der Waals surface area contributed by atoms with E-state index < -0.39 is 5.82 Å². The van der Waals surface area contributed by atoms with Crippen LogP contribution in [-0.2, 0) is 0 Å². The van der Waals surface area contributed by atoms with E-state index in [1.54, 1.807) is 12.3 Å². The number of rotatable bonds is 1. The van der Waals surface area contributed by atoms with Crippen molar-refractivity contribution in [1.82, 2.24) is 0 Å². The molecule has 0 spiro atoms. The summed E-state index contributed by atoms with van der Waals surface area (Å²) in [5, 5.41) is 8.95. The molecule has 1 aromatic rings. The quantitative estimate of drug-likeness (QED) is 0.757. The molecule has 0 aliphatic rings. The van der Waals surface area contributed by atoms with Crippen molar-refractivity contribution >= 4 is 27.7 Å². The second-order valence-corrected chi connectivity index (χ2v) is 3.58. The van der Waals surface area contributed by atoms with E-state index in [2.05, 4.69) is 15.9 Å². The molecule has 0 aromatic heterocycles. The first-order chi connectivity index (χ1) is 5.16. The van der Waals surface area contributed by atoms with Gasteiger partial charge in [-0.05, 0) is 34.3 Å². The lowest BCUT2D eigenvalue weighted by atomic mass is 10.3. The molecule has 0 radical (unpaired) electrons. The molecule has 0 saturated heterocycles. The second-order valence-electron chi connectivity index (χ2n) is 1.91. The van der Waals surface area contributed by atoms with Gasteiger partial charge in [-0.2, -0.15) is 0 Å². The molecule has 0 heterocycles. The van der Waals surface area contributed by atoms with Crippen molar-refractivity contribution in [2.75, 3.05) is 6.26 Å². The van der Waals surface area contributed by atoms with Crippen LogP contribution >= 0.6 is 27.7 Å². The van der Waals surface area contributed by atoms with Crippen molar-refractivity contribution in [1.29, 1.82) is 0 Å². The number of halogens is 2. The third-order valence-electron chi connectivity index (χ3n) is 1.23. The van der Waals surface area contributed by atoms with E-state index in [0.29, 0.717) is 9.37 Å². The summed E-state index contributed by atoms with van der Waals surface area (Å²) >= 11 is 4.42. The molecule has 4 heteroatoms. The lowest BCUT2D eigenvalue weighted by Crippen LogP contribution is -1.82. The van der Waals surface area contributed by atoms with Gasteiger partial charge in [0.25, 0.3) is 0 Å². The molecule has 0 saturated carbocycles. The van der Waals surface area contributed by atoms with E-state index in [1.165, 1.54) is 17.8 Å². The fourth-order valence-corrected chi connectivity index (χ4v) is 2.05. The Balaban J connectivity index is 3.29. The Bertz CT molecular complexity index is 277. The van der Waals surface area contributed by atoms with E-state index in [1.807, 2.05) is 0 Å². The highest BCUT2D eigenvalue weighted by molar-refractivity contribution is 9.10. The summed E-state index contributed by atoms with van der Waals surface area (Å²) in [4.78, 5) is 0.435. The Kier molecular flexibility index (Phi) is 2.78. The zero-order valence-electron chi connectivity index (χ0n) is 5.77. The maximum absolute atomic E-state index is 13.0. The van der Waals surface area contributed by atoms with Gasteiger partial charge in [0.15, 0.2) is 11.6 Å². The summed E-state index contributed by atoms with van der Waals surface area (Å²) in [6, 6.07) is 2.93. The van der Waals surface area contributed by atoms with Crippen LogP contribution in [0.5, 0.6) is 5.75 Å². The number of aromatic hydroxyl groups is 1. The van der Waals surface area contributed by atoms with Crippen LogP contribution in [0.4, 0.5) is 4.39 Å². The monoisotopic (exact) mass is 236 g/mol. The summed E-state index contributed by atoms with van der Waals surface area (Å²) in [7, 11) is 0. The molecule has 0 aliphatic heterocycles. The van der Waals surface area contributed by atoms with Crippen LogP contribution in [0.1, 0.15) is 0 Å². The maximum Gasteiger partial charge on any atom is 0.179 e. The minimum atomic E-state index is -0.563. The molecule has 0 amide bonds. The second kappa shape index (κ2) is 3.45. The highest BCUT2D eigenvalue weighted by atomic mass is 79.9. The third-order valence-corrected chi connectivity index (χ3v) is 2.96. The van der Waals surface area contributed by atoms with Gasteiger partial charge < -0.3 is 5.11 Å². The number of hydrogen-bond acceptors (Lipinski definition) is 2. The minimum Gasteiger partial charge on any atom is -0.505 e. The van der Waals surface area contributed by atoms with Crippen molar-refractivity contribution in [3.63, 3.8) is 0 Å². The normalized spacial score (nSPS) is 10.1. The highest BCUT2D eigenvalue weighted by Crippen LogP contribution is 2.32. The Morgan fingerprint density at radius 2 is 2.18 bits per heavy atom. The van der Waals surface area contributed by atoms with Crippen LogP contribution in [0.3, 0.4) is 0 Å². The molecule has 0 fully saturated rings. The van der Waals surface area contributed by atoms with Gasteiger partial charge in [0.2, 0.25) is 0 Å². The number of thioether (sulfide) groups is 1. The van der Waals surface area contributed by atoms with Gasteiger partial charge in [0, 0.05) is 4.47 Å². The smallest absolute Gasteiger partial charge is 0.179 e. The molecule has 0 unspecified atom stereocenters. The molecular formula is C7H6BrFOS. The maximum atomic E-state index is 13.0.